The third-order valence-corrected chi connectivity index (χ3v) is 3.95. The van der Waals surface area contributed by atoms with Crippen LogP contribution in [-0.2, 0) is 4.79 Å². The lowest BCUT2D eigenvalue weighted by Gasteiger charge is -2.08. The highest BCUT2D eigenvalue weighted by Crippen LogP contribution is 2.21. The van der Waals surface area contributed by atoms with E-state index in [9.17, 15) is 14.4 Å². The van der Waals surface area contributed by atoms with Gasteiger partial charge in [0.15, 0.2) is 6.61 Å². The Kier molecular flexibility index (Phi) is 6.29. The second-order valence-corrected chi connectivity index (χ2v) is 6.83. The summed E-state index contributed by atoms with van der Waals surface area (Å²) < 4.78 is 15.8. The fraction of sp³-hybridized carbons (Fsp3) is 0.227. The molecule has 7 nitrogen and oxygen atoms in total. The minimum atomic E-state index is -0.755. The van der Waals surface area contributed by atoms with E-state index < -0.39 is 17.5 Å². The molecule has 0 fully saturated rings. The van der Waals surface area contributed by atoms with E-state index in [1.165, 1.54) is 12.1 Å². The molecule has 1 amide bonds. The van der Waals surface area contributed by atoms with Crippen LogP contribution in [0.4, 0.5) is 0 Å². The summed E-state index contributed by atoms with van der Waals surface area (Å²) >= 11 is 0. The number of esters is 1. The molecule has 150 valence electrons. The zero-order valence-corrected chi connectivity index (χ0v) is 16.1. The number of ether oxygens (including phenoxy) is 2. The fourth-order valence-corrected chi connectivity index (χ4v) is 2.53. The number of benzene rings is 2. The minimum absolute atomic E-state index is 0.0702. The van der Waals surface area contributed by atoms with Crippen molar-refractivity contribution in [1.29, 1.82) is 0 Å². The Morgan fingerprint density at radius 1 is 1.03 bits per heavy atom. The molecule has 0 aliphatic carbocycles. The number of rotatable bonds is 7. The van der Waals surface area contributed by atoms with Gasteiger partial charge < -0.3 is 19.2 Å². The third-order valence-electron chi connectivity index (χ3n) is 3.95. The molecule has 1 heterocycles. The highest BCUT2D eigenvalue weighted by Gasteiger charge is 2.15. The topological polar surface area (TPSA) is 94.8 Å². The van der Waals surface area contributed by atoms with Crippen molar-refractivity contribution in [3.63, 3.8) is 0 Å². The maximum atomic E-state index is 12.2. The normalized spacial score (nSPS) is 10.7. The number of hydrogen-bond donors (Lipinski definition) is 1. The molecule has 1 aromatic heterocycles. The van der Waals surface area contributed by atoms with Crippen LogP contribution in [-0.4, -0.2) is 25.0 Å². The number of hydrogen-bond acceptors (Lipinski definition) is 6. The van der Waals surface area contributed by atoms with E-state index in [4.69, 9.17) is 13.9 Å². The smallest absolute Gasteiger partial charge is 0.349 e. The van der Waals surface area contributed by atoms with Gasteiger partial charge in [-0.25, -0.2) is 9.59 Å². The number of carbonyl (C=O) groups excluding carboxylic acids is 2. The number of amides is 1. The van der Waals surface area contributed by atoms with E-state index in [0.717, 1.165) is 0 Å². The summed E-state index contributed by atoms with van der Waals surface area (Å²) in [5, 5.41) is 3.23. The second kappa shape index (κ2) is 9.05. The van der Waals surface area contributed by atoms with Crippen molar-refractivity contribution in [2.24, 2.45) is 5.92 Å². The second-order valence-electron chi connectivity index (χ2n) is 6.83. The van der Waals surface area contributed by atoms with Crippen molar-refractivity contribution in [1.82, 2.24) is 5.32 Å². The standard InChI is InChI=1S/C22H21NO6/c1-14(2)12-23-21(25)18-10-15-8-9-17(11-19(15)29-22(18)26)28-20(24)13-27-16-6-4-3-5-7-16/h3-11,14H,12-13H2,1-2H3,(H,23,25). The van der Waals surface area contributed by atoms with Crippen LogP contribution in [0.15, 0.2) is 63.8 Å². The number of fused-ring (bicyclic) bond motifs is 1. The van der Waals surface area contributed by atoms with Crippen LogP contribution in [0.3, 0.4) is 0 Å². The Morgan fingerprint density at radius 3 is 2.52 bits per heavy atom. The molecule has 0 saturated heterocycles. The first-order valence-electron chi connectivity index (χ1n) is 9.17. The molecule has 3 rings (SSSR count). The predicted molar refractivity (Wildman–Crippen MR) is 107 cm³/mol. The van der Waals surface area contributed by atoms with Gasteiger partial charge in [0.25, 0.3) is 5.91 Å². The van der Waals surface area contributed by atoms with Gasteiger partial charge in [-0.05, 0) is 36.2 Å². The first kappa shape index (κ1) is 20.1. The lowest BCUT2D eigenvalue weighted by molar-refractivity contribution is -0.136. The lowest BCUT2D eigenvalue weighted by atomic mass is 10.1. The molecule has 1 N–H and O–H groups in total. The number of carbonyl (C=O) groups is 2. The van der Waals surface area contributed by atoms with Crippen molar-refractivity contribution in [2.45, 2.75) is 13.8 Å². The molecule has 0 radical (unpaired) electrons. The van der Waals surface area contributed by atoms with Crippen LogP contribution >= 0.6 is 0 Å². The molecule has 0 bridgehead atoms. The Balaban J connectivity index is 1.69. The Morgan fingerprint density at radius 2 is 1.79 bits per heavy atom. The average molecular weight is 395 g/mol. The Labute approximate surface area is 167 Å². The molecule has 0 aliphatic heterocycles. The van der Waals surface area contributed by atoms with E-state index in [-0.39, 0.29) is 29.4 Å². The number of nitrogens with one attached hydrogen (secondary N) is 1. The van der Waals surface area contributed by atoms with Crippen LogP contribution in [0.5, 0.6) is 11.5 Å². The van der Waals surface area contributed by atoms with Crippen molar-refractivity contribution < 1.29 is 23.5 Å². The van der Waals surface area contributed by atoms with Crippen LogP contribution in [0, 0.1) is 5.92 Å². The van der Waals surface area contributed by atoms with Crippen LogP contribution < -0.4 is 20.4 Å². The van der Waals surface area contributed by atoms with E-state index in [0.29, 0.717) is 17.7 Å². The van der Waals surface area contributed by atoms with Crippen molar-refractivity contribution in [3.05, 3.63) is 70.6 Å². The van der Waals surface area contributed by atoms with E-state index in [1.807, 2.05) is 19.9 Å². The summed E-state index contributed by atoms with van der Waals surface area (Å²) in [5.74, 6) is -0.0609. The highest BCUT2D eigenvalue weighted by atomic mass is 16.6. The van der Waals surface area contributed by atoms with Gasteiger partial charge >= 0.3 is 11.6 Å². The van der Waals surface area contributed by atoms with Crippen molar-refractivity contribution >= 4 is 22.8 Å². The zero-order chi connectivity index (χ0) is 20.8. The quantitative estimate of drug-likeness (QED) is 0.375. The highest BCUT2D eigenvalue weighted by molar-refractivity contribution is 5.96. The monoisotopic (exact) mass is 395 g/mol. The molecule has 29 heavy (non-hydrogen) atoms. The number of para-hydroxylation sites is 1. The van der Waals surface area contributed by atoms with E-state index >= 15 is 0 Å². The van der Waals surface area contributed by atoms with Gasteiger partial charge in [-0.2, -0.15) is 0 Å². The van der Waals surface area contributed by atoms with Gasteiger partial charge in [-0.15, -0.1) is 0 Å². The van der Waals surface area contributed by atoms with Gasteiger partial charge in [-0.1, -0.05) is 32.0 Å². The first-order valence-corrected chi connectivity index (χ1v) is 9.17. The summed E-state index contributed by atoms with van der Waals surface area (Å²) in [7, 11) is 0. The molecule has 0 spiro atoms. The maximum Gasteiger partial charge on any atom is 0.349 e. The SMILES string of the molecule is CC(C)CNC(=O)c1cc2ccc(OC(=O)COc3ccccc3)cc2oc1=O. The van der Waals surface area contributed by atoms with Gasteiger partial charge in [0.05, 0.1) is 0 Å². The Hall–Kier alpha value is -3.61. The van der Waals surface area contributed by atoms with E-state index in [1.54, 1.807) is 36.4 Å². The molecule has 0 aliphatic rings. The largest absolute Gasteiger partial charge is 0.482 e. The van der Waals surface area contributed by atoms with Crippen molar-refractivity contribution in [2.75, 3.05) is 13.2 Å². The molecular weight excluding hydrogens is 374 g/mol. The van der Waals surface area contributed by atoms with Crippen LogP contribution in [0.1, 0.15) is 24.2 Å². The van der Waals surface area contributed by atoms with Gasteiger partial charge in [-0.3, -0.25) is 4.79 Å². The van der Waals surface area contributed by atoms with E-state index in [2.05, 4.69) is 5.32 Å². The van der Waals surface area contributed by atoms with Gasteiger partial charge in [0.1, 0.15) is 22.6 Å². The molecule has 0 saturated carbocycles. The maximum absolute atomic E-state index is 12.2. The minimum Gasteiger partial charge on any atom is -0.482 e. The van der Waals surface area contributed by atoms with Crippen LogP contribution in [0.2, 0.25) is 0 Å². The molecular formula is C22H21NO6. The summed E-state index contributed by atoms with van der Waals surface area (Å²) in [6, 6.07) is 14.9. The van der Waals surface area contributed by atoms with Crippen LogP contribution in [0.25, 0.3) is 11.0 Å². The zero-order valence-electron chi connectivity index (χ0n) is 16.1. The molecule has 2 aromatic carbocycles. The summed E-state index contributed by atoms with van der Waals surface area (Å²) in [4.78, 5) is 36.3. The summed E-state index contributed by atoms with van der Waals surface area (Å²) in [6.07, 6.45) is 0. The lowest BCUT2D eigenvalue weighted by Crippen LogP contribution is -2.31. The predicted octanol–water partition coefficient (Wildman–Crippen LogP) is 3.16. The molecule has 0 unspecified atom stereocenters. The van der Waals surface area contributed by atoms with Gasteiger partial charge in [0.2, 0.25) is 0 Å². The van der Waals surface area contributed by atoms with Crippen molar-refractivity contribution in [3.8, 4) is 11.5 Å². The molecule has 0 atom stereocenters. The third kappa shape index (κ3) is 5.44. The summed E-state index contributed by atoms with van der Waals surface area (Å²) in [6.45, 7) is 4.10. The molecule has 3 aromatic rings. The van der Waals surface area contributed by atoms with Gasteiger partial charge in [0, 0.05) is 18.0 Å². The Bertz CT molecular complexity index is 1070. The molecule has 7 heteroatoms. The first-order chi connectivity index (χ1) is 13.9. The fourth-order valence-electron chi connectivity index (χ4n) is 2.53. The average Bonchev–Trinajstić information content (AvgIpc) is 2.70. The summed E-state index contributed by atoms with van der Waals surface area (Å²) in [5.41, 5.74) is -0.613.